The zero-order valence-corrected chi connectivity index (χ0v) is 10.9. The first-order valence-corrected chi connectivity index (χ1v) is 6.89. The highest BCUT2D eigenvalue weighted by Gasteiger charge is 2.25. The quantitative estimate of drug-likeness (QED) is 0.877. The van der Waals surface area contributed by atoms with Gasteiger partial charge in [0.1, 0.15) is 0 Å². The zero-order valence-electron chi connectivity index (χ0n) is 10.1. The summed E-state index contributed by atoms with van der Waals surface area (Å²) in [6, 6.07) is 0.351. The number of thioether (sulfide) groups is 1. The Bertz CT molecular complexity index is 336. The molecule has 0 amide bonds. The van der Waals surface area contributed by atoms with Gasteiger partial charge in [0.25, 0.3) is 0 Å². The molecule has 3 unspecified atom stereocenters. The van der Waals surface area contributed by atoms with Gasteiger partial charge in [-0.05, 0) is 32.6 Å². The van der Waals surface area contributed by atoms with E-state index in [2.05, 4.69) is 29.3 Å². The minimum absolute atomic E-state index is 0.262. The first kappa shape index (κ1) is 11.9. The van der Waals surface area contributed by atoms with Gasteiger partial charge < -0.3 is 9.84 Å². The third kappa shape index (κ3) is 2.40. The Morgan fingerprint density at radius 3 is 2.94 bits per heavy atom. The van der Waals surface area contributed by atoms with Gasteiger partial charge in [-0.2, -0.15) is 16.7 Å². The Morgan fingerprint density at radius 2 is 2.31 bits per heavy atom. The molecule has 1 fully saturated rings. The van der Waals surface area contributed by atoms with Crippen LogP contribution in [-0.2, 0) is 0 Å². The van der Waals surface area contributed by atoms with Crippen molar-refractivity contribution in [3.8, 4) is 0 Å². The molecule has 16 heavy (non-hydrogen) atoms. The zero-order chi connectivity index (χ0) is 11.5. The molecule has 0 aliphatic carbocycles. The molecule has 1 aliphatic heterocycles. The number of nitrogens with zero attached hydrogens (tertiary/aromatic N) is 2. The summed E-state index contributed by atoms with van der Waals surface area (Å²) in [6.07, 6.45) is 2.45. The summed E-state index contributed by atoms with van der Waals surface area (Å²) < 4.78 is 5.35. The maximum Gasteiger partial charge on any atom is 0.231 e. The van der Waals surface area contributed by atoms with Crippen molar-refractivity contribution in [1.29, 1.82) is 0 Å². The molecule has 0 spiro atoms. The second-order valence-electron chi connectivity index (χ2n) is 4.36. The molecule has 0 saturated carbocycles. The molecule has 0 aromatic carbocycles. The number of hydrogen-bond acceptors (Lipinski definition) is 5. The van der Waals surface area contributed by atoms with E-state index >= 15 is 0 Å². The topological polar surface area (TPSA) is 51.0 Å². The van der Waals surface area contributed by atoms with Crippen molar-refractivity contribution in [2.24, 2.45) is 0 Å². The third-order valence-electron chi connectivity index (χ3n) is 3.27. The Labute approximate surface area is 101 Å². The smallest absolute Gasteiger partial charge is 0.231 e. The van der Waals surface area contributed by atoms with E-state index in [9.17, 15) is 0 Å². The van der Waals surface area contributed by atoms with E-state index < -0.39 is 0 Å². The van der Waals surface area contributed by atoms with Crippen LogP contribution < -0.4 is 5.32 Å². The van der Waals surface area contributed by atoms with Crippen LogP contribution in [0.1, 0.15) is 49.6 Å². The molecule has 0 radical (unpaired) electrons. The van der Waals surface area contributed by atoms with Gasteiger partial charge in [-0.1, -0.05) is 12.1 Å². The first-order chi connectivity index (χ1) is 7.72. The van der Waals surface area contributed by atoms with E-state index in [-0.39, 0.29) is 5.92 Å². The summed E-state index contributed by atoms with van der Waals surface area (Å²) in [6.45, 7) is 4.24. The monoisotopic (exact) mass is 241 g/mol. The Balaban J connectivity index is 2.06. The number of rotatable bonds is 4. The van der Waals surface area contributed by atoms with Gasteiger partial charge in [0.2, 0.25) is 5.89 Å². The van der Waals surface area contributed by atoms with E-state index in [1.807, 2.05) is 18.8 Å². The van der Waals surface area contributed by atoms with Crippen LogP contribution in [0.3, 0.4) is 0 Å². The summed E-state index contributed by atoms with van der Waals surface area (Å²) in [7, 11) is 1.95. The fourth-order valence-corrected chi connectivity index (χ4v) is 3.00. The van der Waals surface area contributed by atoms with Crippen LogP contribution >= 0.6 is 11.8 Å². The third-order valence-corrected chi connectivity index (χ3v) is 4.64. The molecular formula is C11H19N3OS. The Morgan fingerprint density at radius 1 is 1.50 bits per heavy atom. The van der Waals surface area contributed by atoms with Crippen LogP contribution in [0.15, 0.2) is 4.52 Å². The lowest BCUT2D eigenvalue weighted by atomic mass is 10.0. The Kier molecular flexibility index (Phi) is 3.86. The molecule has 1 aromatic heterocycles. The van der Waals surface area contributed by atoms with Gasteiger partial charge in [0.15, 0.2) is 5.82 Å². The van der Waals surface area contributed by atoms with Crippen molar-refractivity contribution < 1.29 is 4.52 Å². The number of nitrogens with one attached hydrogen (secondary N) is 1. The molecule has 0 bridgehead atoms. The van der Waals surface area contributed by atoms with Crippen LogP contribution in [0.2, 0.25) is 0 Å². The molecule has 5 heteroatoms. The average Bonchev–Trinajstić information content (AvgIpc) is 2.96. The molecular weight excluding hydrogens is 222 g/mol. The van der Waals surface area contributed by atoms with Crippen LogP contribution in [0.4, 0.5) is 0 Å². The molecule has 1 saturated heterocycles. The van der Waals surface area contributed by atoms with Crippen LogP contribution in [0.5, 0.6) is 0 Å². The summed E-state index contributed by atoms with van der Waals surface area (Å²) in [4.78, 5) is 4.52. The molecule has 1 aliphatic rings. The van der Waals surface area contributed by atoms with E-state index in [0.29, 0.717) is 11.3 Å². The van der Waals surface area contributed by atoms with E-state index in [1.165, 1.54) is 18.6 Å². The second-order valence-corrected chi connectivity index (χ2v) is 5.67. The van der Waals surface area contributed by atoms with Gasteiger partial charge in [-0.25, -0.2) is 0 Å². The predicted molar refractivity (Wildman–Crippen MR) is 65.7 cm³/mol. The Hall–Kier alpha value is -0.550. The normalized spacial score (nSPS) is 24.6. The van der Waals surface area contributed by atoms with E-state index in [1.54, 1.807) is 0 Å². The summed E-state index contributed by atoms with van der Waals surface area (Å²) in [5.74, 6) is 3.12. The number of aromatic nitrogens is 2. The highest BCUT2D eigenvalue weighted by atomic mass is 32.2. The van der Waals surface area contributed by atoms with Crippen LogP contribution in [0, 0.1) is 0 Å². The highest BCUT2D eigenvalue weighted by Crippen LogP contribution is 2.38. The minimum atomic E-state index is 0.262. The SMILES string of the molecule is CNC(C)C(C)c1nc(C2CCCS2)no1. The summed E-state index contributed by atoms with van der Waals surface area (Å²) in [5, 5.41) is 7.76. The molecule has 1 aromatic rings. The summed E-state index contributed by atoms with van der Waals surface area (Å²) >= 11 is 1.93. The van der Waals surface area contributed by atoms with Gasteiger partial charge in [0, 0.05) is 6.04 Å². The van der Waals surface area contributed by atoms with Crippen molar-refractivity contribution in [1.82, 2.24) is 15.5 Å². The standard InChI is InChI=1S/C11H19N3OS/c1-7(8(2)12-3)11-13-10(14-15-11)9-5-4-6-16-9/h7-9,12H,4-6H2,1-3H3. The molecule has 2 rings (SSSR count). The van der Waals surface area contributed by atoms with Crippen molar-refractivity contribution in [3.05, 3.63) is 11.7 Å². The first-order valence-electron chi connectivity index (χ1n) is 5.84. The van der Waals surface area contributed by atoms with E-state index in [4.69, 9.17) is 4.52 Å². The van der Waals surface area contributed by atoms with Gasteiger partial charge in [0.05, 0.1) is 11.2 Å². The lowest BCUT2D eigenvalue weighted by molar-refractivity contribution is 0.333. The van der Waals surface area contributed by atoms with Crippen molar-refractivity contribution >= 4 is 11.8 Å². The number of likely N-dealkylation sites (N-methyl/N-ethyl adjacent to an activating group) is 1. The summed E-state index contributed by atoms with van der Waals surface area (Å²) in [5.41, 5.74) is 0. The van der Waals surface area contributed by atoms with Crippen molar-refractivity contribution in [2.75, 3.05) is 12.8 Å². The maximum atomic E-state index is 5.35. The lowest BCUT2D eigenvalue weighted by Gasteiger charge is -2.14. The fourth-order valence-electron chi connectivity index (χ4n) is 1.81. The highest BCUT2D eigenvalue weighted by molar-refractivity contribution is 7.99. The molecule has 4 nitrogen and oxygen atoms in total. The van der Waals surface area contributed by atoms with Gasteiger partial charge >= 0.3 is 0 Å². The molecule has 2 heterocycles. The maximum absolute atomic E-state index is 5.35. The minimum Gasteiger partial charge on any atom is -0.339 e. The molecule has 3 atom stereocenters. The van der Waals surface area contributed by atoms with E-state index in [0.717, 1.165) is 11.7 Å². The van der Waals surface area contributed by atoms with Crippen molar-refractivity contribution in [3.63, 3.8) is 0 Å². The van der Waals surface area contributed by atoms with Crippen LogP contribution in [-0.4, -0.2) is 29.0 Å². The van der Waals surface area contributed by atoms with Crippen molar-refractivity contribution in [2.45, 2.75) is 43.9 Å². The van der Waals surface area contributed by atoms with Crippen LogP contribution in [0.25, 0.3) is 0 Å². The fraction of sp³-hybridized carbons (Fsp3) is 0.818. The number of hydrogen-bond donors (Lipinski definition) is 1. The predicted octanol–water partition coefficient (Wildman–Crippen LogP) is 2.35. The molecule has 90 valence electrons. The van der Waals surface area contributed by atoms with Gasteiger partial charge in [-0.3, -0.25) is 0 Å². The molecule has 1 N–H and O–H groups in total. The largest absolute Gasteiger partial charge is 0.339 e. The second kappa shape index (κ2) is 5.19. The average molecular weight is 241 g/mol. The lowest BCUT2D eigenvalue weighted by Crippen LogP contribution is -2.27. The van der Waals surface area contributed by atoms with Gasteiger partial charge in [-0.15, -0.1) is 0 Å².